The maximum absolute atomic E-state index is 10.6. The Hall–Kier alpha value is -0.850. The molecule has 84 valence electrons. The predicted molar refractivity (Wildman–Crippen MR) is 60.3 cm³/mol. The number of halogens is 1. The molecule has 0 amide bonds. The van der Waals surface area contributed by atoms with Gasteiger partial charge in [-0.05, 0) is 18.6 Å². The summed E-state index contributed by atoms with van der Waals surface area (Å²) in [5.74, 6) is 0.498. The molecule has 0 aromatic carbocycles. The van der Waals surface area contributed by atoms with Crippen molar-refractivity contribution >= 4 is 27.4 Å². The van der Waals surface area contributed by atoms with Gasteiger partial charge in [-0.2, -0.15) is 0 Å². The van der Waals surface area contributed by atoms with E-state index in [1.54, 1.807) is 18.3 Å². The molecular formula is C8H12ClN3O2S. The van der Waals surface area contributed by atoms with E-state index in [-0.39, 0.29) is 5.75 Å². The Balaban J connectivity index is 2.36. The molecule has 0 radical (unpaired) electrons. The first kappa shape index (κ1) is 12.2. The zero-order valence-corrected chi connectivity index (χ0v) is 9.55. The van der Waals surface area contributed by atoms with Crippen LogP contribution in [0, 0.1) is 0 Å². The second-order valence-electron chi connectivity index (χ2n) is 2.98. The minimum atomic E-state index is -3.38. The number of sulfonamides is 1. The van der Waals surface area contributed by atoms with Crippen LogP contribution in [0.15, 0.2) is 18.3 Å². The van der Waals surface area contributed by atoms with Crippen molar-refractivity contribution in [1.29, 1.82) is 0 Å². The first-order valence-electron chi connectivity index (χ1n) is 4.34. The van der Waals surface area contributed by atoms with E-state index in [0.29, 0.717) is 23.8 Å². The molecule has 0 aliphatic rings. The van der Waals surface area contributed by atoms with Gasteiger partial charge >= 0.3 is 0 Å². The van der Waals surface area contributed by atoms with Crippen molar-refractivity contribution in [3.8, 4) is 0 Å². The molecule has 1 aromatic rings. The van der Waals surface area contributed by atoms with Crippen molar-refractivity contribution in [3.63, 3.8) is 0 Å². The molecular weight excluding hydrogens is 238 g/mol. The Kier molecular flexibility index (Phi) is 4.31. The van der Waals surface area contributed by atoms with E-state index in [1.807, 2.05) is 0 Å². The third kappa shape index (κ3) is 4.96. The lowest BCUT2D eigenvalue weighted by Crippen LogP contribution is -2.18. The first-order valence-corrected chi connectivity index (χ1v) is 6.43. The van der Waals surface area contributed by atoms with Crippen molar-refractivity contribution in [2.24, 2.45) is 5.14 Å². The highest BCUT2D eigenvalue weighted by Crippen LogP contribution is 2.16. The highest BCUT2D eigenvalue weighted by Gasteiger charge is 2.03. The summed E-state index contributed by atoms with van der Waals surface area (Å²) in [6.07, 6.45) is 2.03. The van der Waals surface area contributed by atoms with Crippen LogP contribution in [-0.4, -0.2) is 25.7 Å². The Labute approximate surface area is 93.7 Å². The Morgan fingerprint density at radius 2 is 2.27 bits per heavy atom. The maximum Gasteiger partial charge on any atom is 0.209 e. The molecule has 0 unspecified atom stereocenters. The normalized spacial score (nSPS) is 11.3. The van der Waals surface area contributed by atoms with Gasteiger partial charge in [-0.1, -0.05) is 11.6 Å². The lowest BCUT2D eigenvalue weighted by atomic mass is 10.4. The quantitative estimate of drug-likeness (QED) is 0.757. The van der Waals surface area contributed by atoms with Gasteiger partial charge in [0.25, 0.3) is 0 Å². The number of rotatable bonds is 5. The van der Waals surface area contributed by atoms with E-state index >= 15 is 0 Å². The van der Waals surface area contributed by atoms with Gasteiger partial charge in [0.1, 0.15) is 5.82 Å². The summed E-state index contributed by atoms with van der Waals surface area (Å²) in [7, 11) is -3.38. The monoisotopic (exact) mass is 249 g/mol. The van der Waals surface area contributed by atoms with E-state index in [0.717, 1.165) is 0 Å². The molecule has 7 heteroatoms. The van der Waals surface area contributed by atoms with Crippen molar-refractivity contribution in [2.75, 3.05) is 17.6 Å². The summed E-state index contributed by atoms with van der Waals surface area (Å²) in [5.41, 5.74) is 0. The lowest BCUT2D eigenvalue weighted by Gasteiger charge is -2.05. The molecule has 1 rings (SSSR count). The molecule has 1 heterocycles. The molecule has 0 atom stereocenters. The van der Waals surface area contributed by atoms with Crippen molar-refractivity contribution in [3.05, 3.63) is 23.4 Å². The molecule has 5 nitrogen and oxygen atoms in total. The van der Waals surface area contributed by atoms with Gasteiger partial charge in [0.2, 0.25) is 10.0 Å². The van der Waals surface area contributed by atoms with Crippen molar-refractivity contribution < 1.29 is 8.42 Å². The van der Waals surface area contributed by atoms with Crippen LogP contribution >= 0.6 is 11.6 Å². The number of pyridine rings is 1. The van der Waals surface area contributed by atoms with Crippen LogP contribution in [0.25, 0.3) is 0 Å². The topological polar surface area (TPSA) is 85.1 Å². The van der Waals surface area contributed by atoms with Gasteiger partial charge in [0.15, 0.2) is 0 Å². The van der Waals surface area contributed by atoms with Gasteiger partial charge in [-0.15, -0.1) is 0 Å². The zero-order valence-electron chi connectivity index (χ0n) is 7.98. The number of nitrogens with two attached hydrogens (primary N) is 1. The lowest BCUT2D eigenvalue weighted by molar-refractivity contribution is 0.596. The van der Waals surface area contributed by atoms with Crippen LogP contribution < -0.4 is 10.5 Å². The molecule has 3 N–H and O–H groups in total. The fourth-order valence-corrected chi connectivity index (χ4v) is 1.73. The minimum Gasteiger partial charge on any atom is -0.369 e. The van der Waals surface area contributed by atoms with Gasteiger partial charge in [-0.3, -0.25) is 0 Å². The SMILES string of the molecule is NS(=O)(=O)CCCNc1ncccc1Cl. The number of nitrogens with zero attached hydrogens (tertiary/aromatic N) is 1. The van der Waals surface area contributed by atoms with Crippen molar-refractivity contribution in [1.82, 2.24) is 4.98 Å². The van der Waals surface area contributed by atoms with Crippen molar-refractivity contribution in [2.45, 2.75) is 6.42 Å². The summed E-state index contributed by atoms with van der Waals surface area (Å²) >= 11 is 5.83. The molecule has 0 aliphatic carbocycles. The standard InChI is InChI=1S/C8H12ClN3O2S/c9-7-3-1-4-11-8(7)12-5-2-6-15(10,13)14/h1,3-4H,2,5-6H2,(H,11,12)(H2,10,13,14). The third-order valence-corrected chi connectivity index (χ3v) is 2.82. The second-order valence-corrected chi connectivity index (χ2v) is 5.12. The predicted octanol–water partition coefficient (Wildman–Crippen LogP) is 0.826. The third-order valence-electron chi connectivity index (χ3n) is 1.66. The summed E-state index contributed by atoms with van der Waals surface area (Å²) < 4.78 is 21.2. The Morgan fingerprint density at radius 1 is 1.53 bits per heavy atom. The number of nitrogens with one attached hydrogen (secondary N) is 1. The smallest absolute Gasteiger partial charge is 0.209 e. The van der Waals surface area contributed by atoms with Gasteiger partial charge in [0, 0.05) is 12.7 Å². The average Bonchev–Trinajstić information content (AvgIpc) is 2.13. The van der Waals surface area contributed by atoms with E-state index in [2.05, 4.69) is 10.3 Å². The molecule has 0 saturated carbocycles. The summed E-state index contributed by atoms with van der Waals surface area (Å²) in [6.45, 7) is 0.465. The van der Waals surface area contributed by atoms with Crippen LogP contribution in [0.3, 0.4) is 0 Å². The molecule has 0 spiro atoms. The summed E-state index contributed by atoms with van der Waals surface area (Å²) in [5, 5.41) is 8.28. The largest absolute Gasteiger partial charge is 0.369 e. The van der Waals surface area contributed by atoms with E-state index in [4.69, 9.17) is 16.7 Å². The van der Waals surface area contributed by atoms with E-state index in [9.17, 15) is 8.42 Å². The average molecular weight is 250 g/mol. The van der Waals surface area contributed by atoms with Gasteiger partial charge in [-0.25, -0.2) is 18.5 Å². The number of primary sulfonamides is 1. The second kappa shape index (κ2) is 5.29. The van der Waals surface area contributed by atoms with Crippen LogP contribution in [-0.2, 0) is 10.0 Å². The van der Waals surface area contributed by atoms with E-state index in [1.165, 1.54) is 0 Å². The van der Waals surface area contributed by atoms with Gasteiger partial charge in [0.05, 0.1) is 10.8 Å². The maximum atomic E-state index is 10.6. The Bertz CT molecular complexity index is 422. The minimum absolute atomic E-state index is 0.0511. The number of anilines is 1. The first-order chi connectivity index (χ1) is 6.99. The Morgan fingerprint density at radius 3 is 2.87 bits per heavy atom. The zero-order chi connectivity index (χ0) is 11.3. The van der Waals surface area contributed by atoms with Crippen LogP contribution in [0.5, 0.6) is 0 Å². The van der Waals surface area contributed by atoms with E-state index < -0.39 is 10.0 Å². The molecule has 0 fully saturated rings. The highest BCUT2D eigenvalue weighted by molar-refractivity contribution is 7.89. The van der Waals surface area contributed by atoms with Crippen LogP contribution in [0.2, 0.25) is 5.02 Å². The molecule has 0 aliphatic heterocycles. The molecule has 0 saturated heterocycles. The molecule has 1 aromatic heterocycles. The fourth-order valence-electron chi connectivity index (χ4n) is 0.996. The summed E-state index contributed by atoms with van der Waals surface area (Å²) in [4.78, 5) is 3.99. The molecule has 15 heavy (non-hydrogen) atoms. The summed E-state index contributed by atoms with van der Waals surface area (Å²) in [6, 6.07) is 3.43. The number of aromatic nitrogens is 1. The number of hydrogen-bond acceptors (Lipinski definition) is 4. The van der Waals surface area contributed by atoms with Gasteiger partial charge < -0.3 is 5.32 Å². The van der Waals surface area contributed by atoms with Crippen LogP contribution in [0.1, 0.15) is 6.42 Å². The number of hydrogen-bond donors (Lipinski definition) is 2. The highest BCUT2D eigenvalue weighted by atomic mass is 35.5. The molecule has 0 bridgehead atoms. The van der Waals surface area contributed by atoms with Crippen LogP contribution in [0.4, 0.5) is 5.82 Å². The fraction of sp³-hybridized carbons (Fsp3) is 0.375.